The highest BCUT2D eigenvalue weighted by molar-refractivity contribution is 6.03. The molecule has 0 radical (unpaired) electrons. The lowest BCUT2D eigenvalue weighted by atomic mass is 9.87. The Hall–Kier alpha value is -6.96. The first-order chi connectivity index (χ1) is 26.3. The Balaban J connectivity index is 1.36. The Kier molecular flexibility index (Phi) is 8.66. The van der Waals surface area contributed by atoms with E-state index in [1.54, 1.807) is 0 Å². The SMILES string of the molecule is c1ccc(-c2ccccc2-c2c(-c3ccccc3)cccc2N(c2cccc(-c3cccc4ccccc34)c2)c2ccccc2-c2ccccc2)cc1. The van der Waals surface area contributed by atoms with Crippen LogP contribution in [0.1, 0.15) is 0 Å². The lowest BCUT2D eigenvalue weighted by Crippen LogP contribution is -2.13. The van der Waals surface area contributed by atoms with Gasteiger partial charge in [0.15, 0.2) is 0 Å². The largest absolute Gasteiger partial charge is 0.309 e. The van der Waals surface area contributed by atoms with Gasteiger partial charge in [-0.2, -0.15) is 0 Å². The van der Waals surface area contributed by atoms with E-state index in [0.29, 0.717) is 0 Å². The number of hydrogen-bond acceptors (Lipinski definition) is 1. The van der Waals surface area contributed by atoms with Crippen molar-refractivity contribution in [2.45, 2.75) is 0 Å². The van der Waals surface area contributed by atoms with Gasteiger partial charge in [-0.05, 0) is 79.5 Å². The molecule has 0 bridgehead atoms. The highest BCUT2D eigenvalue weighted by Gasteiger charge is 2.24. The van der Waals surface area contributed by atoms with Crippen LogP contribution in [-0.4, -0.2) is 0 Å². The van der Waals surface area contributed by atoms with E-state index in [1.807, 2.05) is 0 Å². The van der Waals surface area contributed by atoms with Crippen molar-refractivity contribution in [1.29, 1.82) is 0 Å². The average Bonchev–Trinajstić information content (AvgIpc) is 3.25. The molecule has 0 spiro atoms. The molecule has 0 saturated carbocycles. The quantitative estimate of drug-likeness (QED) is 0.155. The summed E-state index contributed by atoms with van der Waals surface area (Å²) in [6.45, 7) is 0. The van der Waals surface area contributed by atoms with E-state index in [2.05, 4.69) is 229 Å². The molecule has 0 aliphatic carbocycles. The minimum Gasteiger partial charge on any atom is -0.309 e. The molecule has 9 rings (SSSR count). The van der Waals surface area contributed by atoms with E-state index in [0.717, 1.165) is 22.6 Å². The van der Waals surface area contributed by atoms with Gasteiger partial charge < -0.3 is 4.90 Å². The second-order valence-corrected chi connectivity index (χ2v) is 13.3. The predicted octanol–water partition coefficient (Wildman–Crippen LogP) is 14.6. The molecule has 0 atom stereocenters. The number of hydrogen-bond donors (Lipinski definition) is 0. The molecule has 1 nitrogen and oxygen atoms in total. The fourth-order valence-corrected chi connectivity index (χ4v) is 7.67. The molecule has 250 valence electrons. The third-order valence-corrected chi connectivity index (χ3v) is 10.1. The number of para-hydroxylation sites is 1. The number of anilines is 3. The van der Waals surface area contributed by atoms with E-state index in [-0.39, 0.29) is 0 Å². The minimum absolute atomic E-state index is 1.09. The van der Waals surface area contributed by atoms with Crippen molar-refractivity contribution in [3.05, 3.63) is 224 Å². The first-order valence-corrected chi connectivity index (χ1v) is 18.2. The number of fused-ring (bicyclic) bond motifs is 1. The smallest absolute Gasteiger partial charge is 0.0546 e. The van der Waals surface area contributed by atoms with Crippen LogP contribution in [-0.2, 0) is 0 Å². The highest BCUT2D eigenvalue weighted by Crippen LogP contribution is 2.50. The summed E-state index contributed by atoms with van der Waals surface area (Å²) < 4.78 is 0. The standard InChI is InChI=1S/C52H37N/c1-4-19-38(20-5-1)45-30-12-13-32-49(45)52-48(41-23-8-3-9-24-41)34-18-36-51(52)53(50-35-15-14-31-47(50)40-21-6-2-7-22-40)43-28-16-27-42(37-43)46-33-17-26-39-25-10-11-29-44(39)46/h1-37H. The Morgan fingerprint density at radius 2 is 0.717 bits per heavy atom. The van der Waals surface area contributed by atoms with Crippen molar-refractivity contribution in [2.24, 2.45) is 0 Å². The summed E-state index contributed by atoms with van der Waals surface area (Å²) in [5, 5.41) is 2.48. The molecule has 0 unspecified atom stereocenters. The van der Waals surface area contributed by atoms with Gasteiger partial charge in [0, 0.05) is 16.8 Å². The molecule has 9 aromatic carbocycles. The molecule has 0 aliphatic rings. The normalized spacial score (nSPS) is 11.0. The van der Waals surface area contributed by atoms with Gasteiger partial charge in [-0.1, -0.05) is 200 Å². The zero-order valence-electron chi connectivity index (χ0n) is 29.3. The van der Waals surface area contributed by atoms with Crippen LogP contribution in [0.2, 0.25) is 0 Å². The molecular weight excluding hydrogens is 639 g/mol. The third kappa shape index (κ3) is 6.20. The van der Waals surface area contributed by atoms with Crippen LogP contribution in [0.5, 0.6) is 0 Å². The van der Waals surface area contributed by atoms with Crippen LogP contribution in [0.3, 0.4) is 0 Å². The van der Waals surface area contributed by atoms with Gasteiger partial charge in [-0.15, -0.1) is 0 Å². The van der Waals surface area contributed by atoms with Gasteiger partial charge in [-0.3, -0.25) is 0 Å². The molecule has 0 fully saturated rings. The molecular formula is C52H37N. The second kappa shape index (κ2) is 14.3. The van der Waals surface area contributed by atoms with E-state index in [9.17, 15) is 0 Å². The molecule has 0 N–H and O–H groups in total. The summed E-state index contributed by atoms with van der Waals surface area (Å²) in [6.07, 6.45) is 0. The van der Waals surface area contributed by atoms with Crippen LogP contribution < -0.4 is 4.90 Å². The van der Waals surface area contributed by atoms with Crippen LogP contribution in [0, 0.1) is 0 Å². The van der Waals surface area contributed by atoms with E-state index < -0.39 is 0 Å². The maximum absolute atomic E-state index is 2.47. The fourth-order valence-electron chi connectivity index (χ4n) is 7.67. The summed E-state index contributed by atoms with van der Waals surface area (Å²) in [5.74, 6) is 0. The fraction of sp³-hybridized carbons (Fsp3) is 0. The zero-order valence-corrected chi connectivity index (χ0v) is 29.3. The molecule has 1 heteroatoms. The van der Waals surface area contributed by atoms with Crippen LogP contribution in [0.25, 0.3) is 66.4 Å². The monoisotopic (exact) mass is 675 g/mol. The van der Waals surface area contributed by atoms with Crippen molar-refractivity contribution in [3.63, 3.8) is 0 Å². The number of rotatable bonds is 8. The average molecular weight is 676 g/mol. The lowest BCUT2D eigenvalue weighted by Gasteiger charge is -2.32. The van der Waals surface area contributed by atoms with E-state index >= 15 is 0 Å². The first-order valence-electron chi connectivity index (χ1n) is 18.2. The van der Waals surface area contributed by atoms with Crippen LogP contribution in [0.4, 0.5) is 17.1 Å². The van der Waals surface area contributed by atoms with Gasteiger partial charge >= 0.3 is 0 Å². The van der Waals surface area contributed by atoms with Crippen molar-refractivity contribution in [2.75, 3.05) is 4.90 Å². The highest BCUT2D eigenvalue weighted by atomic mass is 15.1. The Morgan fingerprint density at radius 1 is 0.264 bits per heavy atom. The van der Waals surface area contributed by atoms with Crippen LogP contribution >= 0.6 is 0 Å². The van der Waals surface area contributed by atoms with Crippen molar-refractivity contribution in [1.82, 2.24) is 0 Å². The first kappa shape index (κ1) is 32.0. The second-order valence-electron chi connectivity index (χ2n) is 13.3. The molecule has 9 aromatic rings. The maximum Gasteiger partial charge on any atom is 0.0546 e. The van der Waals surface area contributed by atoms with Gasteiger partial charge in [0.2, 0.25) is 0 Å². The number of nitrogens with zero attached hydrogens (tertiary/aromatic N) is 1. The topological polar surface area (TPSA) is 3.24 Å². The van der Waals surface area contributed by atoms with Gasteiger partial charge in [0.25, 0.3) is 0 Å². The van der Waals surface area contributed by atoms with Crippen molar-refractivity contribution >= 4 is 27.8 Å². The minimum atomic E-state index is 1.09. The summed E-state index contributed by atoms with van der Waals surface area (Å²) in [4.78, 5) is 2.47. The van der Waals surface area contributed by atoms with Gasteiger partial charge in [-0.25, -0.2) is 0 Å². The molecule has 0 aromatic heterocycles. The maximum atomic E-state index is 2.47. The molecule has 0 heterocycles. The van der Waals surface area contributed by atoms with Crippen molar-refractivity contribution < 1.29 is 0 Å². The van der Waals surface area contributed by atoms with E-state index in [1.165, 1.54) is 60.8 Å². The third-order valence-electron chi connectivity index (χ3n) is 10.1. The summed E-state index contributed by atoms with van der Waals surface area (Å²) in [6, 6.07) is 80.9. The van der Waals surface area contributed by atoms with E-state index in [4.69, 9.17) is 0 Å². The summed E-state index contributed by atoms with van der Waals surface area (Å²) >= 11 is 0. The lowest BCUT2D eigenvalue weighted by molar-refractivity contribution is 1.28. The molecule has 53 heavy (non-hydrogen) atoms. The predicted molar refractivity (Wildman–Crippen MR) is 226 cm³/mol. The Labute approximate surface area is 311 Å². The zero-order chi connectivity index (χ0) is 35.4. The molecule has 0 saturated heterocycles. The molecule has 0 aliphatic heterocycles. The van der Waals surface area contributed by atoms with Crippen LogP contribution in [0.15, 0.2) is 224 Å². The Bertz CT molecular complexity index is 2660. The van der Waals surface area contributed by atoms with Gasteiger partial charge in [0.1, 0.15) is 0 Å². The Morgan fingerprint density at radius 3 is 1.45 bits per heavy atom. The number of benzene rings is 9. The van der Waals surface area contributed by atoms with Crippen molar-refractivity contribution in [3.8, 4) is 55.6 Å². The van der Waals surface area contributed by atoms with Gasteiger partial charge in [0.05, 0.1) is 11.4 Å². The summed E-state index contributed by atoms with van der Waals surface area (Å²) in [5.41, 5.74) is 15.1. The molecule has 0 amide bonds. The summed E-state index contributed by atoms with van der Waals surface area (Å²) in [7, 11) is 0.